The highest BCUT2D eigenvalue weighted by atomic mass is 127. The Kier molecular flexibility index (Phi) is 5.01. The molecule has 8 heteroatoms. The summed E-state index contributed by atoms with van der Waals surface area (Å²) in [6.45, 7) is 9.19. The quantitative estimate of drug-likeness (QED) is 0.254. The van der Waals surface area contributed by atoms with E-state index in [1.54, 1.807) is 12.1 Å². The third-order valence-corrected chi connectivity index (χ3v) is 7.42. The van der Waals surface area contributed by atoms with E-state index in [4.69, 9.17) is 9.47 Å². The molecule has 0 radical (unpaired) electrons. The first-order valence-electron chi connectivity index (χ1n) is 9.26. The number of nitrogens with zero attached hydrogens (tertiary/aromatic N) is 1. The lowest BCUT2D eigenvalue weighted by Gasteiger charge is -2.36. The average Bonchev–Trinajstić information content (AvgIpc) is 2.89. The van der Waals surface area contributed by atoms with E-state index < -0.39 is 33.4 Å². The van der Waals surface area contributed by atoms with Gasteiger partial charge in [-0.05, 0) is 60.4 Å². The van der Waals surface area contributed by atoms with Gasteiger partial charge in [-0.3, -0.25) is 14.9 Å². The molecule has 1 aliphatic carbocycles. The number of halogens is 1. The van der Waals surface area contributed by atoms with Gasteiger partial charge in [-0.15, -0.1) is 0 Å². The second-order valence-electron chi connectivity index (χ2n) is 8.70. The lowest BCUT2D eigenvalue weighted by Crippen LogP contribution is -2.49. The average molecular weight is 501 g/mol. The summed E-state index contributed by atoms with van der Waals surface area (Å²) in [6, 6.07) is 4.83. The van der Waals surface area contributed by atoms with E-state index in [2.05, 4.69) is 0 Å². The third kappa shape index (κ3) is 2.74. The largest absolute Gasteiger partial charge is 0.454 e. The predicted molar refractivity (Wildman–Crippen MR) is 109 cm³/mol. The Hall–Kier alpha value is -1.71. The lowest BCUT2D eigenvalue weighted by molar-refractivity contribution is -0.386. The molecule has 1 aromatic rings. The number of nitro benzene ring substituents is 1. The van der Waals surface area contributed by atoms with E-state index in [0.29, 0.717) is 18.4 Å². The second kappa shape index (κ2) is 6.67. The Morgan fingerprint density at radius 1 is 1.29 bits per heavy atom. The zero-order valence-electron chi connectivity index (χ0n) is 16.6. The molecule has 28 heavy (non-hydrogen) atoms. The van der Waals surface area contributed by atoms with Crippen molar-refractivity contribution >= 4 is 40.2 Å². The van der Waals surface area contributed by atoms with Gasteiger partial charge in [-0.1, -0.05) is 27.7 Å². The first kappa shape index (κ1) is 21.0. The molecule has 0 N–H and O–H groups in total. The predicted octanol–water partition coefficient (Wildman–Crippen LogP) is 4.56. The first-order valence-corrected chi connectivity index (χ1v) is 10.3. The van der Waals surface area contributed by atoms with Crippen LogP contribution in [0.25, 0.3) is 0 Å². The summed E-state index contributed by atoms with van der Waals surface area (Å²) < 4.78 is 12.2. The van der Waals surface area contributed by atoms with Gasteiger partial charge in [-0.25, -0.2) is 4.79 Å². The zero-order chi connectivity index (χ0) is 21.1. The Balaban J connectivity index is 1.99. The first-order chi connectivity index (χ1) is 12.9. The highest BCUT2D eigenvalue weighted by Gasteiger charge is 2.76. The lowest BCUT2D eigenvalue weighted by atomic mass is 9.66. The van der Waals surface area contributed by atoms with Crippen LogP contribution in [0.15, 0.2) is 18.2 Å². The SMILES string of the molecule is CC(C)C(OC(=O)[C@@]12CC[C@@](C)(C(=O)O1)C2(C)C)c1ccc(I)cc1[N+](=O)[O-]. The van der Waals surface area contributed by atoms with Crippen LogP contribution in [0.2, 0.25) is 0 Å². The van der Waals surface area contributed by atoms with Gasteiger partial charge in [0.15, 0.2) is 0 Å². The number of esters is 2. The molecule has 2 bridgehead atoms. The number of hydrogen-bond donors (Lipinski definition) is 0. The minimum atomic E-state index is -1.36. The summed E-state index contributed by atoms with van der Waals surface area (Å²) in [6.07, 6.45) is 0.117. The normalized spacial score (nSPS) is 28.9. The molecule has 0 aromatic heterocycles. The molecule has 2 fully saturated rings. The summed E-state index contributed by atoms with van der Waals surface area (Å²) in [4.78, 5) is 36.8. The summed E-state index contributed by atoms with van der Waals surface area (Å²) in [7, 11) is 0. The van der Waals surface area contributed by atoms with Crippen molar-refractivity contribution in [3.63, 3.8) is 0 Å². The monoisotopic (exact) mass is 501 g/mol. The van der Waals surface area contributed by atoms with Gasteiger partial charge >= 0.3 is 11.9 Å². The molecule has 7 nitrogen and oxygen atoms in total. The van der Waals surface area contributed by atoms with Crippen LogP contribution in [0.4, 0.5) is 5.69 Å². The minimum absolute atomic E-state index is 0.0881. The molecular formula is C20H24INO6. The van der Waals surface area contributed by atoms with Crippen LogP contribution in [0.5, 0.6) is 0 Å². The van der Waals surface area contributed by atoms with Crippen LogP contribution in [-0.4, -0.2) is 22.5 Å². The Bertz CT molecular complexity index is 866. The molecule has 1 saturated heterocycles. The Labute approximate surface area is 177 Å². The molecule has 3 atom stereocenters. The standard InChI is InChI=1S/C20H24INO6/c1-11(2)15(13-7-6-12(21)10-14(13)22(25)26)27-17(24)20-9-8-19(5,16(23)28-20)18(20,3)4/h6-7,10-11,15H,8-9H2,1-5H3/t15?,19-,20+/m0/s1. The maximum absolute atomic E-state index is 13.3. The van der Waals surface area contributed by atoms with Crippen LogP contribution in [0, 0.1) is 30.4 Å². The molecule has 0 amide bonds. The number of carbonyl (C=O) groups is 2. The number of nitro groups is 1. The van der Waals surface area contributed by atoms with Crippen LogP contribution < -0.4 is 0 Å². The summed E-state index contributed by atoms with van der Waals surface area (Å²) in [5.74, 6) is -1.22. The molecular weight excluding hydrogens is 477 g/mol. The molecule has 3 rings (SSSR count). The number of rotatable bonds is 5. The van der Waals surface area contributed by atoms with Gasteiger partial charge in [0.25, 0.3) is 5.69 Å². The van der Waals surface area contributed by atoms with Crippen molar-refractivity contribution in [3.05, 3.63) is 37.4 Å². The summed E-state index contributed by atoms with van der Waals surface area (Å²) in [5, 5.41) is 11.5. The van der Waals surface area contributed by atoms with E-state index in [9.17, 15) is 19.7 Å². The minimum Gasteiger partial charge on any atom is -0.454 e. The fourth-order valence-electron chi connectivity index (χ4n) is 4.39. The second-order valence-corrected chi connectivity index (χ2v) is 9.95. The molecule has 152 valence electrons. The number of carbonyl (C=O) groups excluding carboxylic acids is 2. The van der Waals surface area contributed by atoms with Gasteiger partial charge in [0.1, 0.15) is 6.10 Å². The van der Waals surface area contributed by atoms with Crippen LogP contribution in [0.3, 0.4) is 0 Å². The fourth-order valence-corrected chi connectivity index (χ4v) is 4.86. The highest BCUT2D eigenvalue weighted by Crippen LogP contribution is 2.66. The molecule has 1 saturated carbocycles. The van der Waals surface area contributed by atoms with Gasteiger partial charge in [0.2, 0.25) is 5.60 Å². The number of hydrogen-bond acceptors (Lipinski definition) is 6. The van der Waals surface area contributed by atoms with Gasteiger partial charge in [0.05, 0.1) is 15.9 Å². The topological polar surface area (TPSA) is 95.7 Å². The van der Waals surface area contributed by atoms with E-state index in [0.717, 1.165) is 3.57 Å². The van der Waals surface area contributed by atoms with E-state index in [1.807, 2.05) is 57.2 Å². The van der Waals surface area contributed by atoms with E-state index >= 15 is 0 Å². The smallest absolute Gasteiger partial charge is 0.351 e. The van der Waals surface area contributed by atoms with Gasteiger partial charge in [-0.2, -0.15) is 0 Å². The van der Waals surface area contributed by atoms with Crippen molar-refractivity contribution < 1.29 is 24.0 Å². The van der Waals surface area contributed by atoms with Crippen molar-refractivity contribution in [2.75, 3.05) is 0 Å². The molecule has 2 aliphatic rings. The molecule has 1 heterocycles. The zero-order valence-corrected chi connectivity index (χ0v) is 18.7. The third-order valence-electron chi connectivity index (χ3n) is 6.75. The van der Waals surface area contributed by atoms with Crippen LogP contribution in [0.1, 0.15) is 59.1 Å². The van der Waals surface area contributed by atoms with Crippen molar-refractivity contribution in [1.29, 1.82) is 0 Å². The Morgan fingerprint density at radius 3 is 2.39 bits per heavy atom. The maximum atomic E-state index is 13.3. The van der Waals surface area contributed by atoms with Crippen LogP contribution >= 0.6 is 22.6 Å². The molecule has 1 aliphatic heterocycles. The fraction of sp³-hybridized carbons (Fsp3) is 0.600. The molecule has 1 unspecified atom stereocenters. The number of benzene rings is 1. The van der Waals surface area contributed by atoms with Crippen molar-refractivity contribution in [2.45, 2.75) is 59.2 Å². The van der Waals surface area contributed by atoms with E-state index in [-0.39, 0.29) is 17.6 Å². The van der Waals surface area contributed by atoms with Gasteiger partial charge in [0, 0.05) is 15.1 Å². The number of fused-ring (bicyclic) bond motifs is 2. The van der Waals surface area contributed by atoms with Crippen molar-refractivity contribution in [1.82, 2.24) is 0 Å². The van der Waals surface area contributed by atoms with Crippen LogP contribution in [-0.2, 0) is 19.1 Å². The maximum Gasteiger partial charge on any atom is 0.351 e. The highest BCUT2D eigenvalue weighted by molar-refractivity contribution is 14.1. The summed E-state index contributed by atoms with van der Waals surface area (Å²) in [5.41, 5.74) is -2.57. The molecule has 1 aromatic carbocycles. The summed E-state index contributed by atoms with van der Waals surface area (Å²) >= 11 is 2.00. The number of ether oxygens (including phenoxy) is 2. The van der Waals surface area contributed by atoms with E-state index in [1.165, 1.54) is 6.07 Å². The van der Waals surface area contributed by atoms with Crippen molar-refractivity contribution in [2.24, 2.45) is 16.7 Å². The van der Waals surface area contributed by atoms with Crippen molar-refractivity contribution in [3.8, 4) is 0 Å². The molecule has 0 spiro atoms. The Morgan fingerprint density at radius 2 is 1.93 bits per heavy atom. The van der Waals surface area contributed by atoms with Gasteiger partial charge < -0.3 is 9.47 Å².